The van der Waals surface area contributed by atoms with Gasteiger partial charge >= 0.3 is 5.97 Å². The lowest BCUT2D eigenvalue weighted by Gasteiger charge is -2.26. The summed E-state index contributed by atoms with van der Waals surface area (Å²) in [5, 5.41) is 5.39. The quantitative estimate of drug-likeness (QED) is 0.518. The molecule has 0 aliphatic carbocycles. The molecule has 0 aromatic rings. The molecule has 1 saturated heterocycles. The predicted octanol–water partition coefficient (Wildman–Crippen LogP) is -1.74. The van der Waals surface area contributed by atoms with Crippen molar-refractivity contribution in [1.82, 2.24) is 10.6 Å². The molecule has 14 heavy (non-hydrogen) atoms. The van der Waals surface area contributed by atoms with Crippen LogP contribution in [0.5, 0.6) is 0 Å². The first-order valence-electron chi connectivity index (χ1n) is 4.38. The molecule has 0 bridgehead atoms. The standard InChI is InChI=1S/C8H14N2O4/c1-13-8(12)4-10-7(11)5-14-6-2-9-3-6/h6,9H,2-5H2,1H3,(H,10,11). The van der Waals surface area contributed by atoms with Crippen LogP contribution in [-0.4, -0.2) is 51.3 Å². The summed E-state index contributed by atoms with van der Waals surface area (Å²) < 4.78 is 9.53. The van der Waals surface area contributed by atoms with E-state index in [1.54, 1.807) is 0 Å². The Hall–Kier alpha value is -1.14. The van der Waals surface area contributed by atoms with Gasteiger partial charge in [-0.3, -0.25) is 9.59 Å². The fourth-order valence-electron chi connectivity index (χ4n) is 0.868. The van der Waals surface area contributed by atoms with E-state index < -0.39 is 5.97 Å². The van der Waals surface area contributed by atoms with E-state index in [9.17, 15) is 9.59 Å². The number of hydrogen-bond donors (Lipinski definition) is 2. The molecule has 1 fully saturated rings. The number of nitrogens with one attached hydrogen (secondary N) is 2. The normalized spacial score (nSPS) is 15.8. The van der Waals surface area contributed by atoms with Crippen LogP contribution in [0, 0.1) is 0 Å². The number of carbonyl (C=O) groups excluding carboxylic acids is 2. The van der Waals surface area contributed by atoms with Gasteiger partial charge in [-0.25, -0.2) is 0 Å². The smallest absolute Gasteiger partial charge is 0.325 e. The Balaban J connectivity index is 2.00. The van der Waals surface area contributed by atoms with Crippen molar-refractivity contribution in [3.8, 4) is 0 Å². The van der Waals surface area contributed by atoms with Crippen molar-refractivity contribution in [2.45, 2.75) is 6.10 Å². The molecule has 0 atom stereocenters. The van der Waals surface area contributed by atoms with Gasteiger partial charge < -0.3 is 20.1 Å². The van der Waals surface area contributed by atoms with E-state index in [4.69, 9.17) is 4.74 Å². The molecule has 1 heterocycles. The van der Waals surface area contributed by atoms with Gasteiger partial charge in [0.05, 0.1) is 13.2 Å². The average molecular weight is 202 g/mol. The summed E-state index contributed by atoms with van der Waals surface area (Å²) >= 11 is 0. The van der Waals surface area contributed by atoms with Gasteiger partial charge in [0.2, 0.25) is 5.91 Å². The highest BCUT2D eigenvalue weighted by molar-refractivity contribution is 5.82. The zero-order valence-corrected chi connectivity index (χ0v) is 8.04. The average Bonchev–Trinajstić information content (AvgIpc) is 2.11. The zero-order valence-electron chi connectivity index (χ0n) is 8.04. The third-order valence-corrected chi connectivity index (χ3v) is 1.85. The van der Waals surface area contributed by atoms with Crippen LogP contribution in [0.2, 0.25) is 0 Å². The van der Waals surface area contributed by atoms with Crippen molar-refractivity contribution in [2.24, 2.45) is 0 Å². The molecule has 0 saturated carbocycles. The summed E-state index contributed by atoms with van der Waals surface area (Å²) in [6.45, 7) is 1.44. The second-order valence-corrected chi connectivity index (χ2v) is 2.94. The van der Waals surface area contributed by atoms with Crippen LogP contribution in [0.1, 0.15) is 0 Å². The Morgan fingerprint density at radius 3 is 2.71 bits per heavy atom. The number of methoxy groups -OCH3 is 1. The molecule has 1 rings (SSSR count). The van der Waals surface area contributed by atoms with Gasteiger partial charge in [-0.15, -0.1) is 0 Å². The van der Waals surface area contributed by atoms with Gasteiger partial charge in [0.15, 0.2) is 0 Å². The second-order valence-electron chi connectivity index (χ2n) is 2.94. The van der Waals surface area contributed by atoms with Crippen LogP contribution in [0.4, 0.5) is 0 Å². The molecule has 1 aliphatic rings. The predicted molar refractivity (Wildman–Crippen MR) is 47.6 cm³/mol. The topological polar surface area (TPSA) is 76.7 Å². The number of hydrogen-bond acceptors (Lipinski definition) is 5. The third kappa shape index (κ3) is 3.71. The summed E-state index contributed by atoms with van der Waals surface area (Å²) in [4.78, 5) is 21.7. The van der Waals surface area contributed by atoms with Crippen molar-refractivity contribution >= 4 is 11.9 Å². The molecule has 6 heteroatoms. The Morgan fingerprint density at radius 2 is 2.21 bits per heavy atom. The van der Waals surface area contributed by atoms with Crippen molar-refractivity contribution in [3.05, 3.63) is 0 Å². The fraction of sp³-hybridized carbons (Fsp3) is 0.750. The maximum Gasteiger partial charge on any atom is 0.325 e. The number of amides is 1. The van der Waals surface area contributed by atoms with Gasteiger partial charge in [-0.05, 0) is 0 Å². The molecule has 80 valence electrons. The van der Waals surface area contributed by atoms with E-state index in [0.717, 1.165) is 13.1 Å². The third-order valence-electron chi connectivity index (χ3n) is 1.85. The Bertz CT molecular complexity index is 215. The molecule has 0 aromatic carbocycles. The molecule has 0 spiro atoms. The summed E-state index contributed by atoms with van der Waals surface area (Å²) in [6.07, 6.45) is 0.124. The zero-order chi connectivity index (χ0) is 10.4. The fourth-order valence-corrected chi connectivity index (χ4v) is 0.868. The summed E-state index contributed by atoms with van der Waals surface area (Å²) in [5.74, 6) is -0.772. The van der Waals surface area contributed by atoms with Crippen LogP contribution < -0.4 is 10.6 Å². The first-order valence-corrected chi connectivity index (χ1v) is 4.38. The first kappa shape index (κ1) is 10.9. The highest BCUT2D eigenvalue weighted by Gasteiger charge is 2.18. The SMILES string of the molecule is COC(=O)CNC(=O)COC1CNC1. The molecular weight excluding hydrogens is 188 g/mol. The monoisotopic (exact) mass is 202 g/mol. The van der Waals surface area contributed by atoms with E-state index in [1.165, 1.54) is 7.11 Å². The Morgan fingerprint density at radius 1 is 1.50 bits per heavy atom. The second kappa shape index (κ2) is 5.56. The molecule has 2 N–H and O–H groups in total. The van der Waals surface area contributed by atoms with Crippen molar-refractivity contribution in [1.29, 1.82) is 0 Å². The molecule has 0 aromatic heterocycles. The minimum atomic E-state index is -0.469. The first-order chi connectivity index (χ1) is 6.72. The van der Waals surface area contributed by atoms with E-state index in [2.05, 4.69) is 15.4 Å². The van der Waals surface area contributed by atoms with Gasteiger partial charge in [0.25, 0.3) is 0 Å². The molecule has 1 aliphatic heterocycles. The lowest BCUT2D eigenvalue weighted by atomic mass is 10.2. The summed E-state index contributed by atoms with van der Waals surface area (Å²) in [6, 6.07) is 0. The number of ether oxygens (including phenoxy) is 2. The van der Waals surface area contributed by atoms with Crippen LogP contribution >= 0.6 is 0 Å². The Labute approximate surface area is 81.9 Å². The molecule has 0 unspecified atom stereocenters. The molecule has 6 nitrogen and oxygen atoms in total. The van der Waals surface area contributed by atoms with E-state index in [0.29, 0.717) is 0 Å². The van der Waals surface area contributed by atoms with Crippen LogP contribution in [-0.2, 0) is 19.1 Å². The molecule has 1 amide bonds. The number of carbonyl (C=O) groups is 2. The van der Waals surface area contributed by atoms with Gasteiger partial charge in [0, 0.05) is 13.1 Å². The highest BCUT2D eigenvalue weighted by Crippen LogP contribution is 1.96. The van der Waals surface area contributed by atoms with Crippen LogP contribution in [0.25, 0.3) is 0 Å². The highest BCUT2D eigenvalue weighted by atomic mass is 16.5. The number of rotatable bonds is 5. The van der Waals surface area contributed by atoms with E-state index in [-0.39, 0.29) is 25.2 Å². The van der Waals surface area contributed by atoms with Crippen LogP contribution in [0.3, 0.4) is 0 Å². The largest absolute Gasteiger partial charge is 0.468 e. The van der Waals surface area contributed by atoms with Crippen molar-refractivity contribution in [3.63, 3.8) is 0 Å². The minimum Gasteiger partial charge on any atom is -0.468 e. The van der Waals surface area contributed by atoms with Crippen molar-refractivity contribution in [2.75, 3.05) is 33.4 Å². The van der Waals surface area contributed by atoms with Crippen LogP contribution in [0.15, 0.2) is 0 Å². The van der Waals surface area contributed by atoms with Gasteiger partial charge in [-0.2, -0.15) is 0 Å². The maximum atomic E-state index is 11.0. The van der Waals surface area contributed by atoms with Gasteiger partial charge in [-0.1, -0.05) is 0 Å². The lowest BCUT2D eigenvalue weighted by molar-refractivity contribution is -0.142. The Kier molecular flexibility index (Phi) is 4.34. The minimum absolute atomic E-state index is 0.0106. The molecule has 0 radical (unpaired) electrons. The summed E-state index contributed by atoms with van der Waals surface area (Å²) in [5.41, 5.74) is 0. The molecular formula is C8H14N2O4. The lowest BCUT2D eigenvalue weighted by Crippen LogP contribution is -2.49. The van der Waals surface area contributed by atoms with E-state index in [1.807, 2.05) is 0 Å². The maximum absolute atomic E-state index is 11.0. The number of esters is 1. The van der Waals surface area contributed by atoms with Crippen molar-refractivity contribution < 1.29 is 19.1 Å². The van der Waals surface area contributed by atoms with E-state index >= 15 is 0 Å². The van der Waals surface area contributed by atoms with Gasteiger partial charge in [0.1, 0.15) is 13.2 Å². The summed E-state index contributed by atoms with van der Waals surface area (Å²) in [7, 11) is 1.27.